The third kappa shape index (κ3) is 1.81. The first-order valence-corrected chi connectivity index (χ1v) is 5.98. The Morgan fingerprint density at radius 1 is 1.44 bits per heavy atom. The van der Waals surface area contributed by atoms with E-state index in [2.05, 4.69) is 35.5 Å². The number of hydrogen-bond acceptors (Lipinski definition) is 3. The van der Waals surface area contributed by atoms with Gasteiger partial charge in [-0.3, -0.25) is 4.90 Å². The minimum atomic E-state index is 0.713. The first-order valence-electron chi connectivity index (χ1n) is 5.98. The fraction of sp³-hybridized carbons (Fsp3) is 0.538. The highest BCUT2D eigenvalue weighted by molar-refractivity contribution is 5.39. The summed E-state index contributed by atoms with van der Waals surface area (Å²) < 4.78 is 5.51. The maximum atomic E-state index is 5.51. The van der Waals surface area contributed by atoms with Crippen LogP contribution in [-0.4, -0.2) is 37.7 Å². The van der Waals surface area contributed by atoms with E-state index in [-0.39, 0.29) is 0 Å². The first kappa shape index (κ1) is 10.1. The van der Waals surface area contributed by atoms with Gasteiger partial charge in [0.2, 0.25) is 0 Å². The molecule has 0 amide bonds. The molecule has 3 nitrogen and oxygen atoms in total. The highest BCUT2D eigenvalue weighted by Gasteiger charge is 2.21. The van der Waals surface area contributed by atoms with Crippen LogP contribution in [0.3, 0.4) is 0 Å². The van der Waals surface area contributed by atoms with Gasteiger partial charge in [-0.25, -0.2) is 0 Å². The van der Waals surface area contributed by atoms with Crippen molar-refractivity contribution < 1.29 is 4.74 Å². The maximum Gasteiger partial charge on any atom is 0.122 e. The number of nitrogens with one attached hydrogen (secondary N) is 1. The van der Waals surface area contributed by atoms with Gasteiger partial charge in [0, 0.05) is 32.1 Å². The van der Waals surface area contributed by atoms with Crippen LogP contribution in [-0.2, 0) is 13.0 Å². The smallest absolute Gasteiger partial charge is 0.122 e. The van der Waals surface area contributed by atoms with Gasteiger partial charge in [-0.15, -0.1) is 0 Å². The summed E-state index contributed by atoms with van der Waals surface area (Å²) in [6.45, 7) is 4.15. The van der Waals surface area contributed by atoms with Crippen LogP contribution < -0.4 is 10.1 Å². The highest BCUT2D eigenvalue weighted by atomic mass is 16.5. The van der Waals surface area contributed by atoms with E-state index in [9.17, 15) is 0 Å². The number of hydrogen-bond donors (Lipinski definition) is 1. The second kappa shape index (κ2) is 4.07. The van der Waals surface area contributed by atoms with Gasteiger partial charge in [0.25, 0.3) is 0 Å². The number of benzene rings is 1. The number of nitrogens with zero attached hydrogens (tertiary/aromatic N) is 1. The Kier molecular flexibility index (Phi) is 2.58. The van der Waals surface area contributed by atoms with Gasteiger partial charge in [0.05, 0.1) is 6.61 Å². The Labute approximate surface area is 96.4 Å². The van der Waals surface area contributed by atoms with Crippen molar-refractivity contribution >= 4 is 0 Å². The van der Waals surface area contributed by atoms with Crippen molar-refractivity contribution in [1.29, 1.82) is 0 Å². The van der Waals surface area contributed by atoms with Crippen LogP contribution in [0.15, 0.2) is 18.2 Å². The van der Waals surface area contributed by atoms with E-state index in [0.717, 1.165) is 38.4 Å². The van der Waals surface area contributed by atoms with E-state index < -0.39 is 0 Å². The Bertz CT molecular complexity index is 388. The van der Waals surface area contributed by atoms with Gasteiger partial charge in [0.1, 0.15) is 5.75 Å². The molecule has 0 spiro atoms. The van der Waals surface area contributed by atoms with E-state index in [4.69, 9.17) is 4.74 Å². The van der Waals surface area contributed by atoms with Crippen LogP contribution in [0.5, 0.6) is 5.75 Å². The molecule has 2 heterocycles. The summed E-state index contributed by atoms with van der Waals surface area (Å²) in [6.07, 6.45) is 1.07. The second-order valence-electron chi connectivity index (χ2n) is 4.77. The molecule has 3 rings (SSSR count). The number of fused-ring (bicyclic) bond motifs is 1. The molecule has 16 heavy (non-hydrogen) atoms. The van der Waals surface area contributed by atoms with Crippen LogP contribution >= 0.6 is 0 Å². The van der Waals surface area contributed by atoms with Gasteiger partial charge in [0.15, 0.2) is 0 Å². The van der Waals surface area contributed by atoms with Gasteiger partial charge in [-0.2, -0.15) is 0 Å². The summed E-state index contributed by atoms with van der Waals surface area (Å²) in [6, 6.07) is 7.31. The van der Waals surface area contributed by atoms with E-state index in [1.54, 1.807) is 0 Å². The van der Waals surface area contributed by atoms with Crippen LogP contribution in [0, 0.1) is 0 Å². The van der Waals surface area contributed by atoms with Crippen LogP contribution in [0.1, 0.15) is 11.1 Å². The predicted molar refractivity (Wildman–Crippen MR) is 63.8 cm³/mol. The summed E-state index contributed by atoms with van der Waals surface area (Å²) in [5, 5.41) is 3.31. The fourth-order valence-electron chi connectivity index (χ4n) is 2.34. The summed E-state index contributed by atoms with van der Waals surface area (Å²) in [5.41, 5.74) is 2.77. The van der Waals surface area contributed by atoms with Crippen molar-refractivity contribution in [3.05, 3.63) is 29.3 Å². The molecule has 1 aromatic rings. The SMILES string of the molecule is CN(Cc1ccc2c(c1)CCO2)C1CNC1. The molecule has 0 atom stereocenters. The van der Waals surface area contributed by atoms with Gasteiger partial charge < -0.3 is 10.1 Å². The molecule has 2 aliphatic heterocycles. The third-order valence-electron chi connectivity index (χ3n) is 3.57. The monoisotopic (exact) mass is 218 g/mol. The molecule has 0 saturated carbocycles. The molecule has 0 bridgehead atoms. The molecule has 0 unspecified atom stereocenters. The lowest BCUT2D eigenvalue weighted by atomic mass is 10.1. The lowest BCUT2D eigenvalue weighted by Crippen LogP contribution is -2.55. The molecule has 0 radical (unpaired) electrons. The van der Waals surface area contributed by atoms with Crippen molar-refractivity contribution in [3.63, 3.8) is 0 Å². The zero-order valence-electron chi connectivity index (χ0n) is 9.70. The van der Waals surface area contributed by atoms with E-state index in [0.29, 0.717) is 6.04 Å². The quantitative estimate of drug-likeness (QED) is 0.820. The standard InChI is InChI=1S/C13H18N2O/c1-15(12-7-14-8-12)9-10-2-3-13-11(6-10)4-5-16-13/h2-3,6,12,14H,4-5,7-9H2,1H3. The van der Waals surface area contributed by atoms with E-state index in [1.165, 1.54) is 11.1 Å². The summed E-state index contributed by atoms with van der Waals surface area (Å²) in [4.78, 5) is 2.42. The minimum Gasteiger partial charge on any atom is -0.493 e. The number of ether oxygens (including phenoxy) is 1. The molecule has 1 saturated heterocycles. The van der Waals surface area contributed by atoms with E-state index >= 15 is 0 Å². The normalized spacial score (nSPS) is 19.4. The van der Waals surface area contributed by atoms with E-state index in [1.807, 2.05) is 0 Å². The highest BCUT2D eigenvalue weighted by Crippen LogP contribution is 2.26. The zero-order valence-corrected chi connectivity index (χ0v) is 9.70. The van der Waals surface area contributed by atoms with Crippen LogP contribution in [0.2, 0.25) is 0 Å². The first-order chi connectivity index (χ1) is 7.83. The zero-order chi connectivity index (χ0) is 11.0. The molecule has 0 aromatic heterocycles. The molecule has 1 N–H and O–H groups in total. The molecule has 1 aromatic carbocycles. The van der Waals surface area contributed by atoms with Crippen molar-refractivity contribution in [1.82, 2.24) is 10.2 Å². The molecule has 0 aliphatic carbocycles. The molecule has 86 valence electrons. The molecular formula is C13H18N2O. The van der Waals surface area contributed by atoms with Crippen LogP contribution in [0.25, 0.3) is 0 Å². The Morgan fingerprint density at radius 2 is 2.31 bits per heavy atom. The lowest BCUT2D eigenvalue weighted by molar-refractivity contribution is 0.173. The van der Waals surface area contributed by atoms with Crippen molar-refractivity contribution in [3.8, 4) is 5.75 Å². The average Bonchev–Trinajstić information content (AvgIpc) is 2.61. The Morgan fingerprint density at radius 3 is 3.06 bits per heavy atom. The Hall–Kier alpha value is -1.06. The van der Waals surface area contributed by atoms with Gasteiger partial charge in [-0.05, 0) is 24.2 Å². The molecule has 3 heteroatoms. The van der Waals surface area contributed by atoms with Gasteiger partial charge >= 0.3 is 0 Å². The van der Waals surface area contributed by atoms with Crippen molar-refractivity contribution in [2.24, 2.45) is 0 Å². The molecule has 1 fully saturated rings. The third-order valence-corrected chi connectivity index (χ3v) is 3.57. The molecular weight excluding hydrogens is 200 g/mol. The fourth-order valence-corrected chi connectivity index (χ4v) is 2.34. The summed E-state index contributed by atoms with van der Waals surface area (Å²) in [5.74, 6) is 1.08. The van der Waals surface area contributed by atoms with Crippen molar-refractivity contribution in [2.75, 3.05) is 26.7 Å². The van der Waals surface area contributed by atoms with Crippen LogP contribution in [0.4, 0.5) is 0 Å². The summed E-state index contributed by atoms with van der Waals surface area (Å²) in [7, 11) is 2.20. The molecule has 2 aliphatic rings. The topological polar surface area (TPSA) is 24.5 Å². The minimum absolute atomic E-state index is 0.713. The number of likely N-dealkylation sites (N-methyl/N-ethyl adjacent to an activating group) is 1. The maximum absolute atomic E-state index is 5.51. The lowest BCUT2D eigenvalue weighted by Gasteiger charge is -2.35. The Balaban J connectivity index is 1.69. The summed E-state index contributed by atoms with van der Waals surface area (Å²) >= 11 is 0. The predicted octanol–water partition coefficient (Wildman–Crippen LogP) is 1.03. The second-order valence-corrected chi connectivity index (χ2v) is 4.77. The van der Waals surface area contributed by atoms with Crippen molar-refractivity contribution in [2.45, 2.75) is 19.0 Å². The largest absolute Gasteiger partial charge is 0.493 e. The number of rotatable bonds is 3. The average molecular weight is 218 g/mol. The van der Waals surface area contributed by atoms with Gasteiger partial charge in [-0.1, -0.05) is 12.1 Å².